The Kier molecular flexibility index (Phi) is 5.89. The highest BCUT2D eigenvalue weighted by molar-refractivity contribution is 5.92. The van der Waals surface area contributed by atoms with Gasteiger partial charge in [-0.25, -0.2) is 14.4 Å². The Hall–Kier alpha value is -4.84. The molecule has 12 heteroatoms. The third kappa shape index (κ3) is 4.22. The molecule has 0 radical (unpaired) electrons. The Morgan fingerprint density at radius 1 is 0.950 bits per heavy atom. The van der Waals surface area contributed by atoms with Crippen LogP contribution in [0.3, 0.4) is 0 Å². The van der Waals surface area contributed by atoms with Gasteiger partial charge in [0.15, 0.2) is 5.65 Å². The molecule has 0 amide bonds. The average Bonchev–Trinajstić information content (AvgIpc) is 3.73. The summed E-state index contributed by atoms with van der Waals surface area (Å²) in [7, 11) is 0. The summed E-state index contributed by atoms with van der Waals surface area (Å²) in [6, 6.07) is 12.7. The monoisotopic (exact) mass is 538 g/mol. The fourth-order valence-electron chi connectivity index (χ4n) is 5.34. The number of nitrogens with zero attached hydrogens (tertiary/aromatic N) is 9. The van der Waals surface area contributed by atoms with E-state index in [-0.39, 0.29) is 11.8 Å². The van der Waals surface area contributed by atoms with Crippen LogP contribution in [0.4, 0.5) is 16.0 Å². The van der Waals surface area contributed by atoms with Gasteiger partial charge in [-0.1, -0.05) is 6.07 Å². The molecule has 1 aliphatic rings. The molecule has 1 aliphatic heterocycles. The molecule has 40 heavy (non-hydrogen) atoms. The van der Waals surface area contributed by atoms with Gasteiger partial charge in [-0.2, -0.15) is 9.50 Å². The van der Waals surface area contributed by atoms with Crippen LogP contribution in [0.5, 0.6) is 0 Å². The van der Waals surface area contributed by atoms with Crippen molar-refractivity contribution in [1.82, 2.24) is 39.0 Å². The van der Waals surface area contributed by atoms with Gasteiger partial charge >= 0.3 is 0 Å². The van der Waals surface area contributed by atoms with Gasteiger partial charge in [0.2, 0.25) is 17.7 Å². The second-order valence-electron chi connectivity index (χ2n) is 9.86. The molecule has 0 aliphatic carbocycles. The maximum atomic E-state index is 14.7. The van der Waals surface area contributed by atoms with E-state index in [1.165, 1.54) is 12.3 Å². The first-order valence-corrected chi connectivity index (χ1v) is 13.2. The quantitative estimate of drug-likeness (QED) is 0.339. The van der Waals surface area contributed by atoms with Crippen molar-refractivity contribution < 1.29 is 8.81 Å². The SMILES string of the molecule is Cc1cc2c(nc(N)n3nc(-c4ccccn4)nc23)n1CCN1CCN(c2cc(-c3ncco3)ccc2F)CC1. The number of oxazole rings is 1. The van der Waals surface area contributed by atoms with Crippen molar-refractivity contribution in [3.63, 3.8) is 0 Å². The third-order valence-electron chi connectivity index (χ3n) is 7.43. The maximum Gasteiger partial charge on any atom is 0.225 e. The van der Waals surface area contributed by atoms with Crippen molar-refractivity contribution in [2.75, 3.05) is 43.4 Å². The number of nitrogen functional groups attached to an aromatic ring is 1. The Labute approximate surface area is 228 Å². The first-order chi connectivity index (χ1) is 19.5. The molecule has 6 heterocycles. The number of piperazine rings is 1. The lowest BCUT2D eigenvalue weighted by atomic mass is 10.1. The van der Waals surface area contributed by atoms with Gasteiger partial charge in [-0.15, -0.1) is 5.10 Å². The van der Waals surface area contributed by atoms with E-state index in [1.54, 1.807) is 23.0 Å². The Balaban J connectivity index is 1.07. The highest BCUT2D eigenvalue weighted by Gasteiger charge is 2.22. The molecule has 1 saturated heterocycles. The standard InChI is InChI=1S/C28H27FN10O/c1-18-16-20-25(34-28(30)39-26(20)33-24(35-39)22-4-2-3-7-31-22)38(18)14-11-36-9-12-37(13-10-36)23-17-19(5-6-21(23)29)27-32-8-15-40-27/h2-8,15-17H,9-14H2,1H3,(H2,30,34). The summed E-state index contributed by atoms with van der Waals surface area (Å²) in [5.41, 5.74) is 10.8. The molecule has 202 valence electrons. The molecule has 0 spiro atoms. The van der Waals surface area contributed by atoms with E-state index in [1.807, 2.05) is 24.3 Å². The third-order valence-corrected chi connectivity index (χ3v) is 7.43. The number of hydrogen-bond donors (Lipinski definition) is 1. The number of nitrogens with two attached hydrogens (primary N) is 1. The van der Waals surface area contributed by atoms with E-state index in [9.17, 15) is 4.39 Å². The molecule has 0 bridgehead atoms. The highest BCUT2D eigenvalue weighted by atomic mass is 19.1. The van der Waals surface area contributed by atoms with E-state index in [0.717, 1.165) is 61.6 Å². The number of halogens is 1. The van der Waals surface area contributed by atoms with Crippen molar-refractivity contribution in [3.05, 3.63) is 72.6 Å². The van der Waals surface area contributed by atoms with Crippen molar-refractivity contribution in [3.8, 4) is 23.0 Å². The minimum Gasteiger partial charge on any atom is -0.445 e. The zero-order chi connectivity index (χ0) is 27.2. The molecular formula is C28H27FN10O. The molecule has 5 aromatic heterocycles. The van der Waals surface area contributed by atoms with Gasteiger partial charge in [0.1, 0.15) is 23.4 Å². The second-order valence-corrected chi connectivity index (χ2v) is 9.86. The molecule has 11 nitrogen and oxygen atoms in total. The fourth-order valence-corrected chi connectivity index (χ4v) is 5.34. The second kappa shape index (κ2) is 9.72. The molecule has 0 saturated carbocycles. The van der Waals surface area contributed by atoms with Gasteiger partial charge in [0.25, 0.3) is 0 Å². The van der Waals surface area contributed by atoms with E-state index < -0.39 is 0 Å². The minimum atomic E-state index is -0.243. The number of fused-ring (bicyclic) bond motifs is 3. The van der Waals surface area contributed by atoms with E-state index >= 15 is 0 Å². The van der Waals surface area contributed by atoms with Crippen molar-refractivity contribution in [2.24, 2.45) is 0 Å². The van der Waals surface area contributed by atoms with Gasteiger partial charge in [-0.3, -0.25) is 9.88 Å². The van der Waals surface area contributed by atoms with Crippen LogP contribution in [-0.4, -0.2) is 71.7 Å². The molecule has 1 aromatic carbocycles. The Bertz CT molecular complexity index is 1800. The lowest BCUT2D eigenvalue weighted by Crippen LogP contribution is -2.47. The first kappa shape index (κ1) is 24.2. The minimum absolute atomic E-state index is 0.243. The van der Waals surface area contributed by atoms with Crippen molar-refractivity contribution >= 4 is 28.3 Å². The molecule has 2 N–H and O–H groups in total. The molecule has 7 rings (SSSR count). The molecule has 1 fully saturated rings. The van der Waals surface area contributed by atoms with Gasteiger partial charge in [-0.05, 0) is 43.3 Å². The zero-order valence-corrected chi connectivity index (χ0v) is 21.9. The summed E-state index contributed by atoms with van der Waals surface area (Å²) in [6.07, 6.45) is 4.82. The van der Waals surface area contributed by atoms with Crippen LogP contribution in [0.25, 0.3) is 39.7 Å². The first-order valence-electron chi connectivity index (χ1n) is 13.2. The molecular weight excluding hydrogens is 511 g/mol. The number of rotatable bonds is 6. The lowest BCUT2D eigenvalue weighted by Gasteiger charge is -2.36. The van der Waals surface area contributed by atoms with Gasteiger partial charge in [0.05, 0.1) is 17.3 Å². The van der Waals surface area contributed by atoms with Crippen molar-refractivity contribution in [2.45, 2.75) is 13.5 Å². The van der Waals surface area contributed by atoms with Crippen LogP contribution in [0.15, 0.2) is 65.5 Å². The van der Waals surface area contributed by atoms with Crippen LogP contribution in [0.1, 0.15) is 5.69 Å². The number of hydrogen-bond acceptors (Lipinski definition) is 9. The largest absolute Gasteiger partial charge is 0.445 e. The normalized spacial score (nSPS) is 14.5. The van der Waals surface area contributed by atoms with Crippen LogP contribution in [0.2, 0.25) is 0 Å². The lowest BCUT2D eigenvalue weighted by molar-refractivity contribution is 0.248. The zero-order valence-electron chi connectivity index (χ0n) is 21.9. The van der Waals surface area contributed by atoms with E-state index in [2.05, 4.69) is 47.4 Å². The number of aromatic nitrogens is 7. The number of anilines is 2. The predicted molar refractivity (Wildman–Crippen MR) is 149 cm³/mol. The van der Waals surface area contributed by atoms with Gasteiger partial charge < -0.3 is 19.6 Å². The smallest absolute Gasteiger partial charge is 0.225 e. The number of benzene rings is 1. The van der Waals surface area contributed by atoms with Crippen LogP contribution in [-0.2, 0) is 6.54 Å². The summed E-state index contributed by atoms with van der Waals surface area (Å²) in [6.45, 7) is 6.71. The van der Waals surface area contributed by atoms with E-state index in [4.69, 9.17) is 15.1 Å². The maximum absolute atomic E-state index is 14.7. The summed E-state index contributed by atoms with van der Waals surface area (Å²) < 4.78 is 23.9. The summed E-state index contributed by atoms with van der Waals surface area (Å²) in [5.74, 6) is 1.03. The molecule has 6 aromatic rings. The number of pyridine rings is 1. The predicted octanol–water partition coefficient (Wildman–Crippen LogP) is 3.65. The molecule has 0 atom stereocenters. The van der Waals surface area contributed by atoms with Crippen LogP contribution in [0, 0.1) is 12.7 Å². The Morgan fingerprint density at radius 2 is 1.82 bits per heavy atom. The summed E-state index contributed by atoms with van der Waals surface area (Å²) in [4.78, 5) is 22.4. The Morgan fingerprint density at radius 3 is 2.60 bits per heavy atom. The fraction of sp³-hybridized carbons (Fsp3) is 0.250. The van der Waals surface area contributed by atoms with E-state index in [0.29, 0.717) is 28.7 Å². The number of aryl methyl sites for hydroxylation is 1. The van der Waals surface area contributed by atoms with Gasteiger partial charge in [0, 0.05) is 56.7 Å². The van der Waals surface area contributed by atoms with Crippen LogP contribution >= 0.6 is 0 Å². The summed E-state index contributed by atoms with van der Waals surface area (Å²) in [5, 5.41) is 5.44. The highest BCUT2D eigenvalue weighted by Crippen LogP contribution is 2.28. The average molecular weight is 539 g/mol. The molecule has 0 unspecified atom stereocenters. The van der Waals surface area contributed by atoms with Crippen LogP contribution < -0.4 is 10.6 Å². The summed E-state index contributed by atoms with van der Waals surface area (Å²) >= 11 is 0. The topological polar surface area (TPSA) is 119 Å². The van der Waals surface area contributed by atoms with Crippen molar-refractivity contribution in [1.29, 1.82) is 0 Å².